The maximum absolute atomic E-state index is 7.44. The molecule has 0 bridgehead atoms. The van der Waals surface area contributed by atoms with E-state index in [0.29, 0.717) is 0 Å². The van der Waals surface area contributed by atoms with Crippen molar-refractivity contribution in [3.8, 4) is 33.6 Å². The summed E-state index contributed by atoms with van der Waals surface area (Å²) in [5.41, 5.74) is 16.1. The van der Waals surface area contributed by atoms with Crippen molar-refractivity contribution < 1.29 is 13.3 Å². The topological polar surface area (TPSA) is 49.3 Å². The van der Waals surface area contributed by atoms with Crippen LogP contribution in [0.2, 0.25) is 0 Å². The van der Waals surface area contributed by atoms with Crippen LogP contribution < -0.4 is 0 Å². The highest BCUT2D eigenvalue weighted by Crippen LogP contribution is 2.47. The van der Waals surface area contributed by atoms with Gasteiger partial charge in [0.2, 0.25) is 0 Å². The van der Waals surface area contributed by atoms with Crippen molar-refractivity contribution in [2.24, 2.45) is 0 Å². The minimum absolute atomic E-state index is 0.868. The highest BCUT2D eigenvalue weighted by molar-refractivity contribution is 6.29. The third-order valence-electron chi connectivity index (χ3n) is 13.7. The van der Waals surface area contributed by atoms with Crippen LogP contribution in [0.4, 0.5) is 0 Å². The van der Waals surface area contributed by atoms with E-state index in [1.165, 1.54) is 0 Å². The summed E-state index contributed by atoms with van der Waals surface area (Å²) < 4.78 is 25.3. The van der Waals surface area contributed by atoms with Crippen LogP contribution in [0.3, 0.4) is 0 Å². The van der Waals surface area contributed by atoms with Gasteiger partial charge >= 0.3 is 0 Å². The molecule has 0 unspecified atom stereocenters. The van der Waals surface area contributed by atoms with Crippen molar-refractivity contribution in [1.29, 1.82) is 0 Å². The molecule has 0 radical (unpaired) electrons. The maximum atomic E-state index is 7.44. The van der Waals surface area contributed by atoms with Gasteiger partial charge in [0, 0.05) is 65.6 Å². The highest BCUT2D eigenvalue weighted by Gasteiger charge is 2.24. The number of benzene rings is 10. The molecule has 5 nitrogen and oxygen atoms in total. The SMILES string of the molecule is c1ccc(-n2c3ccc(-c4cccc5c4oc4ccccc45)cc3c3c4oc5c(ccc6c5c5cc(-c7cccc8c7oc7ccccc78)ccc5n6-c5ccccc5)c4ccc32)cc1. The molecular weight excluding hydrogens is 797 g/mol. The van der Waals surface area contributed by atoms with Crippen LogP contribution in [0.15, 0.2) is 220 Å². The van der Waals surface area contributed by atoms with Gasteiger partial charge < -0.3 is 22.4 Å². The molecule has 5 aromatic heterocycles. The van der Waals surface area contributed by atoms with Gasteiger partial charge in [0.15, 0.2) is 0 Å². The summed E-state index contributed by atoms with van der Waals surface area (Å²) in [4.78, 5) is 0. The summed E-state index contributed by atoms with van der Waals surface area (Å²) >= 11 is 0. The predicted octanol–water partition coefficient (Wildman–Crippen LogP) is 16.9. The van der Waals surface area contributed by atoms with E-state index in [0.717, 1.165) is 143 Å². The summed E-state index contributed by atoms with van der Waals surface area (Å²) in [6.07, 6.45) is 0. The van der Waals surface area contributed by atoms with Gasteiger partial charge in [-0.05, 0) is 96.1 Å². The lowest BCUT2D eigenvalue weighted by Gasteiger charge is -2.08. The van der Waals surface area contributed by atoms with Crippen molar-refractivity contribution in [2.45, 2.75) is 0 Å². The fourth-order valence-corrected chi connectivity index (χ4v) is 10.9. The fourth-order valence-electron chi connectivity index (χ4n) is 10.9. The summed E-state index contributed by atoms with van der Waals surface area (Å²) in [6, 6.07) is 73.4. The lowest BCUT2D eigenvalue weighted by molar-refractivity contribution is 0.669. The summed E-state index contributed by atoms with van der Waals surface area (Å²) in [6.45, 7) is 0. The van der Waals surface area contributed by atoms with Crippen LogP contribution in [0, 0.1) is 0 Å². The molecule has 0 N–H and O–H groups in total. The molecule has 0 atom stereocenters. The molecule has 5 heterocycles. The molecule has 0 amide bonds. The zero-order valence-electron chi connectivity index (χ0n) is 34.7. The van der Waals surface area contributed by atoms with E-state index in [1.54, 1.807) is 0 Å². The number of nitrogens with zero attached hydrogens (tertiary/aromatic N) is 2. The second-order valence-corrected chi connectivity index (χ2v) is 17.1. The zero-order valence-corrected chi connectivity index (χ0v) is 34.7. The van der Waals surface area contributed by atoms with E-state index < -0.39 is 0 Å². The van der Waals surface area contributed by atoms with E-state index >= 15 is 0 Å². The van der Waals surface area contributed by atoms with Crippen molar-refractivity contribution in [3.63, 3.8) is 0 Å². The first-order chi connectivity index (χ1) is 32.2. The molecule has 5 heteroatoms. The third kappa shape index (κ3) is 4.76. The Morgan fingerprint density at radius 1 is 0.262 bits per heavy atom. The quantitative estimate of drug-likeness (QED) is 0.177. The highest BCUT2D eigenvalue weighted by atomic mass is 16.3. The van der Waals surface area contributed by atoms with Crippen molar-refractivity contribution >= 4 is 109 Å². The van der Waals surface area contributed by atoms with E-state index in [4.69, 9.17) is 13.3 Å². The molecule has 0 aliphatic heterocycles. The first-order valence-electron chi connectivity index (χ1n) is 22.1. The smallest absolute Gasteiger partial charge is 0.145 e. The second-order valence-electron chi connectivity index (χ2n) is 17.1. The maximum Gasteiger partial charge on any atom is 0.145 e. The largest absolute Gasteiger partial charge is 0.455 e. The third-order valence-corrected chi connectivity index (χ3v) is 13.7. The number of hydrogen-bond acceptors (Lipinski definition) is 3. The van der Waals surface area contributed by atoms with Crippen LogP contribution in [0.5, 0.6) is 0 Å². The lowest BCUT2D eigenvalue weighted by Crippen LogP contribution is -1.93. The molecule has 0 aliphatic rings. The fraction of sp³-hybridized carbons (Fsp3) is 0. The molecule has 0 spiro atoms. The van der Waals surface area contributed by atoms with Crippen molar-refractivity contribution in [1.82, 2.24) is 9.13 Å². The number of fused-ring (bicyclic) bond motifs is 17. The average Bonchev–Trinajstić information content (AvgIpc) is 4.18. The number of rotatable bonds is 4. The molecule has 302 valence electrons. The normalized spacial score (nSPS) is 12.3. The molecule has 15 rings (SSSR count). The Kier molecular flexibility index (Phi) is 6.89. The van der Waals surface area contributed by atoms with Crippen LogP contribution >= 0.6 is 0 Å². The van der Waals surface area contributed by atoms with Crippen LogP contribution in [0.1, 0.15) is 0 Å². The summed E-state index contributed by atoms with van der Waals surface area (Å²) in [7, 11) is 0. The Morgan fingerprint density at radius 2 is 0.662 bits per heavy atom. The van der Waals surface area contributed by atoms with E-state index in [9.17, 15) is 0 Å². The minimum Gasteiger partial charge on any atom is -0.455 e. The molecular formula is C60H34N2O3. The standard InChI is InChI=1S/C60H34N2O3/c1-3-13-37(14-4-1)61-49-29-25-35(39-19-11-21-43-41-17-7-9-23-53(41)63-57(39)43)33-47(49)55-51(61)31-27-45-46-28-32-52-56(60(46)65-59(45)55)48-34-36(26-30-50(48)62(52)38-15-5-2-6-16-38)40-20-12-22-44-42-18-8-10-24-54(42)64-58(40)44/h1-34H. The second kappa shape index (κ2) is 12.9. The van der Waals surface area contributed by atoms with Crippen LogP contribution in [-0.4, -0.2) is 9.13 Å². The van der Waals surface area contributed by atoms with Crippen LogP contribution in [-0.2, 0) is 0 Å². The lowest BCUT2D eigenvalue weighted by atomic mass is 9.99. The van der Waals surface area contributed by atoms with E-state index in [2.05, 4.69) is 191 Å². The van der Waals surface area contributed by atoms with E-state index in [-0.39, 0.29) is 0 Å². The molecule has 65 heavy (non-hydrogen) atoms. The van der Waals surface area contributed by atoms with Gasteiger partial charge in [0.1, 0.15) is 33.5 Å². The van der Waals surface area contributed by atoms with E-state index in [1.807, 2.05) is 24.3 Å². The molecule has 10 aromatic carbocycles. The predicted molar refractivity (Wildman–Crippen MR) is 268 cm³/mol. The Balaban J connectivity index is 1.04. The van der Waals surface area contributed by atoms with Crippen molar-refractivity contribution in [2.75, 3.05) is 0 Å². The minimum atomic E-state index is 0.868. The zero-order chi connectivity index (χ0) is 42.3. The Labute approximate surface area is 370 Å². The van der Waals surface area contributed by atoms with Crippen LogP contribution in [0.25, 0.3) is 143 Å². The average molecular weight is 831 g/mol. The van der Waals surface area contributed by atoms with Gasteiger partial charge in [0.25, 0.3) is 0 Å². The first kappa shape index (κ1) is 34.7. The number of hydrogen-bond donors (Lipinski definition) is 0. The summed E-state index contributed by atoms with van der Waals surface area (Å²) in [5.74, 6) is 0. The Hall–Kier alpha value is -8.80. The van der Waals surface area contributed by atoms with Gasteiger partial charge in [-0.25, -0.2) is 0 Å². The number of aromatic nitrogens is 2. The molecule has 0 saturated carbocycles. The molecule has 0 fully saturated rings. The van der Waals surface area contributed by atoms with Crippen molar-refractivity contribution in [3.05, 3.63) is 206 Å². The first-order valence-corrected chi connectivity index (χ1v) is 22.1. The summed E-state index contributed by atoms with van der Waals surface area (Å²) in [5, 5.41) is 11.0. The molecule has 0 saturated heterocycles. The Bertz CT molecular complexity index is 4180. The van der Waals surface area contributed by atoms with Gasteiger partial charge in [0.05, 0.1) is 32.8 Å². The molecule has 0 aliphatic carbocycles. The molecule has 15 aromatic rings. The van der Waals surface area contributed by atoms with Gasteiger partial charge in [-0.2, -0.15) is 0 Å². The van der Waals surface area contributed by atoms with Gasteiger partial charge in [-0.1, -0.05) is 121 Å². The Morgan fingerprint density at radius 3 is 1.14 bits per heavy atom. The van der Waals surface area contributed by atoms with Gasteiger partial charge in [-0.3, -0.25) is 0 Å². The number of furan rings is 3. The van der Waals surface area contributed by atoms with Gasteiger partial charge in [-0.15, -0.1) is 0 Å². The number of para-hydroxylation sites is 6. The monoisotopic (exact) mass is 830 g/mol.